The van der Waals surface area contributed by atoms with E-state index >= 15 is 0 Å². The first kappa shape index (κ1) is 27.5. The Balaban J connectivity index is 1.23. The zero-order valence-electron chi connectivity index (χ0n) is 21.6. The molecular formula is C30H24F3N5O3. The summed E-state index contributed by atoms with van der Waals surface area (Å²) >= 11 is 0. The third kappa shape index (κ3) is 7.32. The van der Waals surface area contributed by atoms with Crippen LogP contribution in [0.25, 0.3) is 0 Å². The molecule has 0 saturated carbocycles. The van der Waals surface area contributed by atoms with E-state index in [-0.39, 0.29) is 11.6 Å². The van der Waals surface area contributed by atoms with Crippen LogP contribution in [-0.4, -0.2) is 28.8 Å². The lowest BCUT2D eigenvalue weighted by molar-refractivity contribution is -0.274. The quantitative estimate of drug-likeness (QED) is 0.257. The molecule has 1 aliphatic heterocycles. The van der Waals surface area contributed by atoms with Crippen molar-refractivity contribution in [2.45, 2.75) is 25.9 Å². The summed E-state index contributed by atoms with van der Waals surface area (Å²) in [7, 11) is 0. The molecule has 5 rings (SSSR count). The molecule has 0 saturated heterocycles. The molecule has 2 amide bonds. The minimum Gasteiger partial charge on any atom is -0.437 e. The number of fused-ring (bicyclic) bond motifs is 1. The van der Waals surface area contributed by atoms with E-state index < -0.39 is 18.1 Å². The lowest BCUT2D eigenvalue weighted by atomic mass is 9.98. The average Bonchev–Trinajstić information content (AvgIpc) is 2.95. The van der Waals surface area contributed by atoms with E-state index in [4.69, 9.17) is 10.00 Å². The molecule has 0 spiro atoms. The predicted molar refractivity (Wildman–Crippen MR) is 145 cm³/mol. The number of alkyl halides is 3. The predicted octanol–water partition coefficient (Wildman–Crippen LogP) is 6.85. The van der Waals surface area contributed by atoms with Crippen molar-refractivity contribution < 1.29 is 27.4 Å². The van der Waals surface area contributed by atoms with Gasteiger partial charge in [0.2, 0.25) is 5.88 Å². The summed E-state index contributed by atoms with van der Waals surface area (Å²) in [6.07, 6.45) is -2.50. The van der Waals surface area contributed by atoms with Crippen molar-refractivity contribution in [2.75, 3.05) is 17.2 Å². The number of urea groups is 1. The summed E-state index contributed by atoms with van der Waals surface area (Å²) < 4.78 is 47.1. The first-order valence-electron chi connectivity index (χ1n) is 12.6. The summed E-state index contributed by atoms with van der Waals surface area (Å²) in [5.41, 5.74) is 4.54. The van der Waals surface area contributed by atoms with Crippen LogP contribution in [0, 0.1) is 11.3 Å². The van der Waals surface area contributed by atoms with Gasteiger partial charge >= 0.3 is 12.4 Å². The van der Waals surface area contributed by atoms with Crippen LogP contribution in [0.1, 0.15) is 22.3 Å². The molecule has 0 radical (unpaired) electrons. The largest absolute Gasteiger partial charge is 0.573 e. The first-order chi connectivity index (χ1) is 19.8. The van der Waals surface area contributed by atoms with E-state index in [1.807, 2.05) is 36.4 Å². The first-order valence-corrected chi connectivity index (χ1v) is 12.6. The number of rotatable bonds is 7. The molecule has 1 aromatic heterocycles. The van der Waals surface area contributed by atoms with E-state index in [0.717, 1.165) is 54.9 Å². The summed E-state index contributed by atoms with van der Waals surface area (Å²) in [6.45, 7) is 2.31. The van der Waals surface area contributed by atoms with Crippen LogP contribution in [0.2, 0.25) is 0 Å². The van der Waals surface area contributed by atoms with Crippen LogP contribution in [0.15, 0.2) is 85.1 Å². The Kier molecular flexibility index (Phi) is 8.03. The molecule has 1 aliphatic rings. The van der Waals surface area contributed by atoms with Crippen molar-refractivity contribution in [3.05, 3.63) is 107 Å². The Morgan fingerprint density at radius 1 is 1.00 bits per heavy atom. The molecule has 0 fully saturated rings. The highest BCUT2D eigenvalue weighted by molar-refractivity contribution is 6.00. The highest BCUT2D eigenvalue weighted by Gasteiger charge is 2.31. The Morgan fingerprint density at radius 3 is 2.51 bits per heavy atom. The normalized spacial score (nSPS) is 13.0. The van der Waals surface area contributed by atoms with Gasteiger partial charge in [-0.1, -0.05) is 24.3 Å². The van der Waals surface area contributed by atoms with Gasteiger partial charge in [-0.2, -0.15) is 5.26 Å². The van der Waals surface area contributed by atoms with Crippen LogP contribution >= 0.6 is 0 Å². The van der Waals surface area contributed by atoms with Gasteiger partial charge in [0.15, 0.2) is 0 Å². The fourth-order valence-electron chi connectivity index (χ4n) is 4.50. The number of amides is 2. The minimum atomic E-state index is -4.80. The Labute approximate surface area is 234 Å². The number of pyridine rings is 1. The molecule has 0 aliphatic carbocycles. The second-order valence-corrected chi connectivity index (χ2v) is 9.27. The summed E-state index contributed by atoms with van der Waals surface area (Å²) in [6, 6.07) is 23.0. The molecule has 0 unspecified atom stereocenters. The SMILES string of the molecule is N#Cc1ccc(CN2CCc3c(cccc3Oc3ncccc3NC(=O)Nc3ccc(OC(F)(F)F)cc3)C2)cc1. The maximum Gasteiger partial charge on any atom is 0.573 e. The van der Waals surface area contributed by atoms with Crippen LogP contribution in [-0.2, 0) is 19.5 Å². The standard InChI is InChI=1S/C30H24F3N5O3/c31-30(32,33)41-24-12-10-23(11-13-24)36-29(39)37-26-4-2-15-35-28(26)40-27-5-1-3-22-19-38(16-14-25(22)27)18-21-8-6-20(17-34)7-9-21/h1-13,15H,14,16,18-19H2,(H2,36,37,39). The number of nitrogens with one attached hydrogen (secondary N) is 2. The second kappa shape index (κ2) is 12.0. The molecule has 0 bridgehead atoms. The van der Waals surface area contributed by atoms with Crippen LogP contribution < -0.4 is 20.1 Å². The van der Waals surface area contributed by atoms with E-state index in [9.17, 15) is 18.0 Å². The Hall–Kier alpha value is -5.08. The van der Waals surface area contributed by atoms with Crippen molar-refractivity contribution in [1.82, 2.24) is 9.88 Å². The Bertz CT molecular complexity index is 1570. The zero-order chi connectivity index (χ0) is 28.8. The number of halogens is 3. The molecule has 8 nitrogen and oxygen atoms in total. The third-order valence-corrected chi connectivity index (χ3v) is 6.36. The third-order valence-electron chi connectivity index (χ3n) is 6.36. The molecule has 3 aromatic carbocycles. The van der Waals surface area contributed by atoms with Gasteiger partial charge in [0.1, 0.15) is 17.2 Å². The fourth-order valence-corrected chi connectivity index (χ4v) is 4.50. The number of hydrogen-bond donors (Lipinski definition) is 2. The number of hydrogen-bond acceptors (Lipinski definition) is 6. The van der Waals surface area contributed by atoms with Crippen LogP contribution in [0.3, 0.4) is 0 Å². The number of carbonyl (C=O) groups is 1. The second-order valence-electron chi connectivity index (χ2n) is 9.27. The van der Waals surface area contributed by atoms with Crippen LogP contribution in [0.4, 0.5) is 29.3 Å². The number of aromatic nitrogens is 1. The Morgan fingerprint density at radius 2 is 1.78 bits per heavy atom. The van der Waals surface area contributed by atoms with E-state index in [1.54, 1.807) is 18.3 Å². The number of carbonyl (C=O) groups excluding carboxylic acids is 1. The lowest BCUT2D eigenvalue weighted by Gasteiger charge is -2.30. The lowest BCUT2D eigenvalue weighted by Crippen LogP contribution is -2.30. The highest BCUT2D eigenvalue weighted by atomic mass is 19.4. The summed E-state index contributed by atoms with van der Waals surface area (Å²) in [5.74, 6) is 0.447. The highest BCUT2D eigenvalue weighted by Crippen LogP contribution is 2.34. The van der Waals surface area contributed by atoms with E-state index in [1.165, 1.54) is 12.1 Å². The van der Waals surface area contributed by atoms with Gasteiger partial charge < -0.3 is 20.1 Å². The average molecular weight is 560 g/mol. The van der Waals surface area contributed by atoms with Gasteiger partial charge in [0.05, 0.1) is 11.6 Å². The number of nitriles is 1. The van der Waals surface area contributed by atoms with Gasteiger partial charge in [-0.05, 0) is 72.1 Å². The summed E-state index contributed by atoms with van der Waals surface area (Å²) in [4.78, 5) is 19.2. The zero-order valence-corrected chi connectivity index (χ0v) is 21.6. The number of anilines is 2. The maximum absolute atomic E-state index is 12.6. The molecule has 2 N–H and O–H groups in total. The topological polar surface area (TPSA) is 99.5 Å². The van der Waals surface area contributed by atoms with Gasteiger partial charge in [-0.3, -0.25) is 4.90 Å². The van der Waals surface area contributed by atoms with Gasteiger partial charge in [0, 0.05) is 37.1 Å². The van der Waals surface area contributed by atoms with Crippen molar-refractivity contribution >= 4 is 17.4 Å². The molecule has 0 atom stereocenters. The van der Waals surface area contributed by atoms with Crippen molar-refractivity contribution in [3.63, 3.8) is 0 Å². The molecule has 2 heterocycles. The van der Waals surface area contributed by atoms with Crippen molar-refractivity contribution in [3.8, 4) is 23.4 Å². The molecule has 11 heteroatoms. The number of ether oxygens (including phenoxy) is 2. The number of nitrogens with zero attached hydrogens (tertiary/aromatic N) is 3. The van der Waals surface area contributed by atoms with Crippen molar-refractivity contribution in [2.24, 2.45) is 0 Å². The minimum absolute atomic E-state index is 0.199. The smallest absolute Gasteiger partial charge is 0.437 e. The van der Waals surface area contributed by atoms with Gasteiger partial charge in [-0.25, -0.2) is 9.78 Å². The maximum atomic E-state index is 12.6. The van der Waals surface area contributed by atoms with Crippen molar-refractivity contribution in [1.29, 1.82) is 5.26 Å². The van der Waals surface area contributed by atoms with Gasteiger partial charge in [-0.15, -0.1) is 13.2 Å². The fraction of sp³-hybridized carbons (Fsp3) is 0.167. The van der Waals surface area contributed by atoms with E-state index in [0.29, 0.717) is 17.0 Å². The summed E-state index contributed by atoms with van der Waals surface area (Å²) in [5, 5.41) is 14.3. The van der Waals surface area contributed by atoms with E-state index in [2.05, 4.69) is 37.4 Å². The number of benzene rings is 3. The molecular weight excluding hydrogens is 535 g/mol. The molecule has 41 heavy (non-hydrogen) atoms. The molecule has 208 valence electrons. The monoisotopic (exact) mass is 559 g/mol. The van der Waals surface area contributed by atoms with Gasteiger partial charge in [0.25, 0.3) is 0 Å². The molecule has 4 aromatic rings. The van der Waals surface area contributed by atoms with Crippen LogP contribution in [0.5, 0.6) is 17.4 Å².